The van der Waals surface area contributed by atoms with Gasteiger partial charge in [-0.2, -0.15) is 0 Å². The van der Waals surface area contributed by atoms with Gasteiger partial charge in [0.05, 0.1) is 12.0 Å². The topological polar surface area (TPSA) is 70.2 Å². The third-order valence-corrected chi connectivity index (χ3v) is 8.16. The van der Waals surface area contributed by atoms with Gasteiger partial charge in [-0.05, 0) is 75.3 Å². The van der Waals surface area contributed by atoms with Gasteiger partial charge in [-0.25, -0.2) is 12.7 Å². The number of nitrogens with zero attached hydrogens (tertiary/aromatic N) is 3. The number of ether oxygens (including phenoxy) is 1. The predicted molar refractivity (Wildman–Crippen MR) is 139 cm³/mol. The lowest BCUT2D eigenvalue weighted by molar-refractivity contribution is -0.118. The molecule has 34 heavy (non-hydrogen) atoms. The van der Waals surface area contributed by atoms with Crippen LogP contribution in [0.25, 0.3) is 0 Å². The van der Waals surface area contributed by atoms with E-state index in [-0.39, 0.29) is 30.1 Å². The molecule has 0 bridgehead atoms. The van der Waals surface area contributed by atoms with Crippen LogP contribution >= 0.6 is 0 Å². The summed E-state index contributed by atoms with van der Waals surface area (Å²) in [5, 5.41) is 0. The molecule has 0 heterocycles. The van der Waals surface area contributed by atoms with Gasteiger partial charge in [-0.15, -0.1) is 0 Å². The zero-order valence-corrected chi connectivity index (χ0v) is 22.6. The zero-order chi connectivity index (χ0) is 25.6. The molecule has 7 nitrogen and oxygen atoms in total. The van der Waals surface area contributed by atoms with Crippen molar-refractivity contribution < 1.29 is 17.9 Å². The van der Waals surface area contributed by atoms with Crippen molar-refractivity contribution in [2.45, 2.75) is 38.5 Å². The summed E-state index contributed by atoms with van der Waals surface area (Å²) >= 11 is 0. The van der Waals surface area contributed by atoms with Gasteiger partial charge < -0.3 is 14.5 Å². The summed E-state index contributed by atoms with van der Waals surface area (Å²) in [6, 6.07) is 9.51. The summed E-state index contributed by atoms with van der Waals surface area (Å²) in [7, 11) is 5.54. The SMILES string of the molecule is COc1cc(C)c(S(=O)(=O)N(C)CCC(=O)Cc2ccc(N(C)CCN(C)C)c(C)c2)c(C)c1. The molecular weight excluding hydrogens is 450 g/mol. The average Bonchev–Trinajstić information content (AvgIpc) is 2.75. The van der Waals surface area contributed by atoms with Crippen LogP contribution in [-0.4, -0.2) is 78.3 Å². The van der Waals surface area contributed by atoms with Crippen LogP contribution in [-0.2, 0) is 21.2 Å². The van der Waals surface area contributed by atoms with Crippen LogP contribution in [0.1, 0.15) is 28.7 Å². The molecule has 0 spiro atoms. The van der Waals surface area contributed by atoms with Crippen LogP contribution in [0, 0.1) is 20.8 Å². The van der Waals surface area contributed by atoms with Crippen LogP contribution in [0.5, 0.6) is 5.75 Å². The van der Waals surface area contributed by atoms with Crippen molar-refractivity contribution in [2.24, 2.45) is 0 Å². The first kappa shape index (κ1) is 27.8. The molecule has 2 aromatic carbocycles. The second kappa shape index (κ2) is 11.8. The number of aryl methyl sites for hydroxylation is 3. The number of ketones is 1. The smallest absolute Gasteiger partial charge is 0.243 e. The zero-order valence-electron chi connectivity index (χ0n) is 21.8. The lowest BCUT2D eigenvalue weighted by atomic mass is 10.0. The van der Waals surface area contributed by atoms with Gasteiger partial charge in [-0.1, -0.05) is 12.1 Å². The molecule has 0 atom stereocenters. The Morgan fingerprint density at radius 1 is 0.882 bits per heavy atom. The maximum atomic E-state index is 13.2. The molecule has 0 amide bonds. The number of sulfonamides is 1. The van der Waals surface area contributed by atoms with Gasteiger partial charge in [0.1, 0.15) is 11.5 Å². The van der Waals surface area contributed by atoms with Crippen molar-refractivity contribution in [3.05, 3.63) is 52.6 Å². The number of benzene rings is 2. The van der Waals surface area contributed by atoms with Crippen LogP contribution in [0.3, 0.4) is 0 Å². The molecule has 0 saturated heterocycles. The molecule has 188 valence electrons. The molecule has 0 unspecified atom stereocenters. The average molecular weight is 490 g/mol. The van der Waals surface area contributed by atoms with E-state index in [9.17, 15) is 13.2 Å². The monoisotopic (exact) mass is 489 g/mol. The van der Waals surface area contributed by atoms with E-state index in [0.29, 0.717) is 16.9 Å². The summed E-state index contributed by atoms with van der Waals surface area (Å²) < 4.78 is 32.8. The molecule has 0 aromatic heterocycles. The molecule has 8 heteroatoms. The molecule has 0 saturated carbocycles. The largest absolute Gasteiger partial charge is 0.497 e. The highest BCUT2D eigenvalue weighted by Crippen LogP contribution is 2.28. The van der Waals surface area contributed by atoms with Gasteiger partial charge >= 0.3 is 0 Å². The minimum atomic E-state index is -3.71. The standard InChI is InChI=1S/C26H39N3O4S/c1-19-15-22(9-10-25(19)28(6)14-13-27(4)5)18-23(30)11-12-29(7)34(31,32)26-20(2)16-24(33-8)17-21(26)3/h9-10,15-17H,11-14,18H2,1-8H3. The van der Waals surface area contributed by atoms with Crippen LogP contribution in [0.2, 0.25) is 0 Å². The van der Waals surface area contributed by atoms with E-state index < -0.39 is 10.0 Å². The maximum Gasteiger partial charge on any atom is 0.243 e. The Bertz CT molecular complexity index is 1090. The van der Waals surface area contributed by atoms with Crippen LogP contribution in [0.15, 0.2) is 35.2 Å². The third-order valence-electron chi connectivity index (χ3n) is 6.00. The number of methoxy groups -OCH3 is 1. The summed E-state index contributed by atoms with van der Waals surface area (Å²) in [6.07, 6.45) is 0.449. The lowest BCUT2D eigenvalue weighted by Gasteiger charge is -2.23. The molecule has 0 aliphatic carbocycles. The number of rotatable bonds is 12. The summed E-state index contributed by atoms with van der Waals surface area (Å²) in [4.78, 5) is 17.3. The molecule has 0 fully saturated rings. The highest BCUT2D eigenvalue weighted by Gasteiger charge is 2.26. The highest BCUT2D eigenvalue weighted by molar-refractivity contribution is 7.89. The Kier molecular flexibility index (Phi) is 9.67. The number of carbonyl (C=O) groups excluding carboxylic acids is 1. The van der Waals surface area contributed by atoms with E-state index in [0.717, 1.165) is 29.9 Å². The van der Waals surface area contributed by atoms with Crippen molar-refractivity contribution in [3.8, 4) is 5.75 Å². The first-order valence-electron chi connectivity index (χ1n) is 11.5. The van der Waals surface area contributed by atoms with Crippen molar-refractivity contribution in [3.63, 3.8) is 0 Å². The van der Waals surface area contributed by atoms with E-state index in [2.05, 4.69) is 43.9 Å². The first-order chi connectivity index (χ1) is 15.9. The highest BCUT2D eigenvalue weighted by atomic mass is 32.2. The molecule has 2 rings (SSSR count). The quantitative estimate of drug-likeness (QED) is 0.455. The van der Waals surface area contributed by atoms with Crippen molar-refractivity contribution >= 4 is 21.5 Å². The fourth-order valence-corrected chi connectivity index (χ4v) is 5.61. The Hall–Kier alpha value is -2.42. The number of hydrogen-bond donors (Lipinski definition) is 0. The molecule has 2 aromatic rings. The molecule has 0 N–H and O–H groups in total. The molecule has 0 aliphatic rings. The second-order valence-corrected chi connectivity index (χ2v) is 11.2. The van der Waals surface area contributed by atoms with Gasteiger partial charge in [0.2, 0.25) is 10.0 Å². The fourth-order valence-electron chi connectivity index (χ4n) is 4.04. The lowest BCUT2D eigenvalue weighted by Crippen LogP contribution is -2.30. The number of likely N-dealkylation sites (N-methyl/N-ethyl adjacent to an activating group) is 2. The first-order valence-corrected chi connectivity index (χ1v) is 12.9. The van der Waals surface area contributed by atoms with E-state index >= 15 is 0 Å². The van der Waals surface area contributed by atoms with Gasteiger partial charge in [0.15, 0.2) is 0 Å². The summed E-state index contributed by atoms with van der Waals surface area (Å²) in [6.45, 7) is 7.57. The number of Topliss-reactive ketones (excluding diaryl/α,β-unsaturated/α-hetero) is 1. The Morgan fingerprint density at radius 3 is 2.03 bits per heavy atom. The summed E-state index contributed by atoms with van der Waals surface area (Å²) in [5.41, 5.74) is 4.47. The van der Waals surface area contributed by atoms with Crippen molar-refractivity contribution in [2.75, 3.05) is 59.8 Å². The fraction of sp³-hybridized carbons (Fsp3) is 0.500. The molecule has 0 radical (unpaired) electrons. The van der Waals surface area contributed by atoms with Crippen molar-refractivity contribution in [1.82, 2.24) is 9.21 Å². The number of hydrogen-bond acceptors (Lipinski definition) is 6. The van der Waals surface area contributed by atoms with Gasteiger partial charge in [0, 0.05) is 52.3 Å². The second-order valence-electron chi connectivity index (χ2n) is 9.23. The van der Waals surface area contributed by atoms with E-state index in [1.807, 2.05) is 12.1 Å². The number of carbonyl (C=O) groups is 1. The van der Waals surface area contributed by atoms with Crippen molar-refractivity contribution in [1.29, 1.82) is 0 Å². The van der Waals surface area contributed by atoms with E-state index in [1.54, 1.807) is 33.1 Å². The van der Waals surface area contributed by atoms with E-state index in [1.165, 1.54) is 11.4 Å². The minimum Gasteiger partial charge on any atom is -0.497 e. The van der Waals surface area contributed by atoms with Gasteiger partial charge in [0.25, 0.3) is 0 Å². The third kappa shape index (κ3) is 7.04. The Balaban J connectivity index is 2.01. The van der Waals surface area contributed by atoms with Gasteiger partial charge in [-0.3, -0.25) is 4.79 Å². The minimum absolute atomic E-state index is 0.0123. The maximum absolute atomic E-state index is 13.2. The Morgan fingerprint density at radius 2 is 1.50 bits per heavy atom. The predicted octanol–water partition coefficient (Wildman–Crippen LogP) is 3.44. The van der Waals surface area contributed by atoms with Crippen LogP contribution < -0.4 is 9.64 Å². The normalized spacial score (nSPS) is 11.8. The number of anilines is 1. The summed E-state index contributed by atoms with van der Waals surface area (Å²) in [5.74, 6) is 0.635. The van der Waals surface area contributed by atoms with Crippen LogP contribution in [0.4, 0.5) is 5.69 Å². The Labute approximate surface area is 205 Å². The molecule has 0 aliphatic heterocycles. The molecular formula is C26H39N3O4S. The van der Waals surface area contributed by atoms with E-state index in [4.69, 9.17) is 4.74 Å².